The Balaban J connectivity index is 1.14. The van der Waals surface area contributed by atoms with Crippen LogP contribution in [0, 0.1) is 50.7 Å². The highest BCUT2D eigenvalue weighted by Crippen LogP contribution is 2.89. The number of fused-ring (bicyclic) bond motifs is 4. The van der Waals surface area contributed by atoms with E-state index in [2.05, 4.69) is 34.6 Å². The lowest BCUT2D eigenvalue weighted by atomic mass is 9.41. The lowest BCUT2D eigenvalue weighted by Gasteiger charge is -2.64. The van der Waals surface area contributed by atoms with Crippen LogP contribution in [0.1, 0.15) is 107 Å². The zero-order valence-electron chi connectivity index (χ0n) is 29.6. The third-order valence-corrected chi connectivity index (χ3v) is 15.8. The molecular weight excluding hydrogens is 607 g/mol. The van der Waals surface area contributed by atoms with E-state index >= 15 is 4.39 Å². The van der Waals surface area contributed by atoms with E-state index in [1.807, 2.05) is 0 Å². The van der Waals surface area contributed by atoms with Gasteiger partial charge in [0.05, 0.1) is 31.0 Å². The number of carbonyl (C=O) groups excluding carboxylic acids is 1. The first-order valence-electron chi connectivity index (χ1n) is 18.3. The van der Waals surface area contributed by atoms with Gasteiger partial charge in [-0.25, -0.2) is 4.39 Å². The number of esters is 1. The molecule has 0 aromatic rings. The number of ether oxygens (including phenoxy) is 4. The Morgan fingerprint density at radius 2 is 1.62 bits per heavy atom. The minimum absolute atomic E-state index is 0.0745. The Hall–Kier alpha value is -0.880. The predicted octanol–water partition coefficient (Wildman–Crippen LogP) is 4.30. The summed E-state index contributed by atoms with van der Waals surface area (Å²) >= 11 is 0. The molecule has 2 saturated heterocycles. The first-order chi connectivity index (χ1) is 21.8. The van der Waals surface area contributed by atoms with Crippen LogP contribution in [0.2, 0.25) is 0 Å². The maximum Gasteiger partial charge on any atom is 0.303 e. The highest BCUT2D eigenvalue weighted by molar-refractivity contribution is 5.66. The molecule has 7 aliphatic rings. The predicted molar refractivity (Wildman–Crippen MR) is 169 cm³/mol. The Labute approximate surface area is 279 Å². The fourth-order valence-corrected chi connectivity index (χ4v) is 13.6. The van der Waals surface area contributed by atoms with Gasteiger partial charge < -0.3 is 39.4 Å². The van der Waals surface area contributed by atoms with E-state index in [9.17, 15) is 25.2 Å². The molecule has 9 nitrogen and oxygen atoms in total. The van der Waals surface area contributed by atoms with Gasteiger partial charge in [0.2, 0.25) is 0 Å². The van der Waals surface area contributed by atoms with Crippen LogP contribution in [0.4, 0.5) is 4.39 Å². The molecular formula is C37H59FO9. The molecule has 47 heavy (non-hydrogen) atoms. The monoisotopic (exact) mass is 666 g/mol. The van der Waals surface area contributed by atoms with Crippen molar-refractivity contribution >= 4 is 5.97 Å². The van der Waals surface area contributed by atoms with Gasteiger partial charge in [0.25, 0.3) is 0 Å². The molecule has 2 aliphatic heterocycles. The van der Waals surface area contributed by atoms with Gasteiger partial charge >= 0.3 is 5.97 Å². The fraction of sp³-hybridized carbons (Fsp3) is 0.973. The molecule has 0 unspecified atom stereocenters. The highest BCUT2D eigenvalue weighted by Gasteiger charge is 2.84. The number of aliphatic hydroxyl groups excluding tert-OH is 4. The van der Waals surface area contributed by atoms with Crippen LogP contribution in [0.5, 0.6) is 0 Å². The van der Waals surface area contributed by atoms with Crippen LogP contribution in [-0.2, 0) is 23.7 Å². The van der Waals surface area contributed by atoms with Crippen LogP contribution in [-0.4, -0.2) is 93.8 Å². The Kier molecular flexibility index (Phi) is 7.95. The van der Waals surface area contributed by atoms with Crippen LogP contribution < -0.4 is 0 Å². The summed E-state index contributed by atoms with van der Waals surface area (Å²) in [6.45, 7) is 15.6. The molecule has 5 aliphatic carbocycles. The summed E-state index contributed by atoms with van der Waals surface area (Å²) in [5.74, 6) is 0.502. The number of alkyl halides is 1. The SMILES string of the molecule is CC(=O)O[C@@H]([C@H]1C[C@@H](C)[C@H]2[C@H](O1)[C@H](O)[C@@]1(C)[C@@H]3CC[C@H]4C(C)(C)[C@@H](O[C@@H]5OC[C@@H](O)[C@H](O)[C@H]5O)CC[C@@]45C[C@@]35CC[C@]21C)C(C)(C)F. The summed E-state index contributed by atoms with van der Waals surface area (Å²) in [5, 5.41) is 43.3. The van der Waals surface area contributed by atoms with Gasteiger partial charge in [-0.2, -0.15) is 0 Å². The largest absolute Gasteiger partial charge is 0.456 e. The van der Waals surface area contributed by atoms with Crippen molar-refractivity contribution in [1.29, 1.82) is 0 Å². The van der Waals surface area contributed by atoms with Gasteiger partial charge in [-0.05, 0) is 111 Å². The second-order valence-electron chi connectivity index (χ2n) is 18.5. The quantitative estimate of drug-likeness (QED) is 0.250. The van der Waals surface area contributed by atoms with Gasteiger partial charge in [0.15, 0.2) is 12.4 Å². The molecule has 7 rings (SSSR count). The smallest absolute Gasteiger partial charge is 0.303 e. The van der Waals surface area contributed by atoms with E-state index < -0.39 is 60.7 Å². The van der Waals surface area contributed by atoms with Gasteiger partial charge in [0, 0.05) is 12.3 Å². The molecule has 2 heterocycles. The maximum absolute atomic E-state index is 15.5. The Morgan fingerprint density at radius 3 is 2.28 bits per heavy atom. The van der Waals surface area contributed by atoms with E-state index in [0.29, 0.717) is 18.3 Å². The molecule has 4 N–H and O–H groups in total. The fourth-order valence-electron chi connectivity index (χ4n) is 13.6. The number of aliphatic hydroxyl groups is 4. The maximum atomic E-state index is 15.5. The molecule has 10 heteroatoms. The van der Waals surface area contributed by atoms with E-state index in [1.165, 1.54) is 20.8 Å². The molecule has 2 spiro atoms. The summed E-state index contributed by atoms with van der Waals surface area (Å²) in [6, 6.07) is 0. The van der Waals surface area contributed by atoms with Gasteiger partial charge in [-0.3, -0.25) is 4.79 Å². The van der Waals surface area contributed by atoms with Crippen molar-refractivity contribution in [3.8, 4) is 0 Å². The van der Waals surface area contributed by atoms with E-state index in [0.717, 1.165) is 44.9 Å². The summed E-state index contributed by atoms with van der Waals surface area (Å²) in [6.07, 6.45) is 0.0281. The molecule has 268 valence electrons. The summed E-state index contributed by atoms with van der Waals surface area (Å²) in [5.41, 5.74) is -2.22. The van der Waals surface area contributed by atoms with Crippen LogP contribution >= 0.6 is 0 Å². The van der Waals surface area contributed by atoms with Gasteiger partial charge in [0.1, 0.15) is 24.0 Å². The summed E-state index contributed by atoms with van der Waals surface area (Å²) in [4.78, 5) is 12.0. The van der Waals surface area contributed by atoms with Crippen LogP contribution in [0.3, 0.4) is 0 Å². The lowest BCUT2D eigenvalue weighted by molar-refractivity contribution is -0.303. The average Bonchev–Trinajstić information content (AvgIpc) is 3.61. The number of hydrogen-bond donors (Lipinski definition) is 4. The lowest BCUT2D eigenvalue weighted by Crippen LogP contribution is -2.61. The van der Waals surface area contributed by atoms with Crippen molar-refractivity contribution in [2.45, 2.75) is 168 Å². The number of halogens is 1. The van der Waals surface area contributed by atoms with Gasteiger partial charge in [-0.15, -0.1) is 0 Å². The van der Waals surface area contributed by atoms with Crippen LogP contribution in [0.15, 0.2) is 0 Å². The summed E-state index contributed by atoms with van der Waals surface area (Å²) < 4.78 is 39.8. The second kappa shape index (κ2) is 10.8. The zero-order valence-corrected chi connectivity index (χ0v) is 29.6. The van der Waals surface area contributed by atoms with E-state index in [4.69, 9.17) is 18.9 Å². The number of hydrogen-bond acceptors (Lipinski definition) is 9. The zero-order chi connectivity index (χ0) is 34.3. The molecule has 0 radical (unpaired) electrons. The highest BCUT2D eigenvalue weighted by atomic mass is 19.1. The van der Waals surface area contributed by atoms with Crippen molar-refractivity contribution in [3.63, 3.8) is 0 Å². The minimum Gasteiger partial charge on any atom is -0.456 e. The first-order valence-corrected chi connectivity index (χ1v) is 18.3. The topological polar surface area (TPSA) is 135 Å². The number of carbonyl (C=O) groups is 1. The molecule has 0 aromatic heterocycles. The normalized spacial score (nSPS) is 55.4. The molecule has 17 atom stereocenters. The average molecular weight is 667 g/mol. The van der Waals surface area contributed by atoms with Gasteiger partial charge in [-0.1, -0.05) is 34.6 Å². The van der Waals surface area contributed by atoms with Crippen molar-refractivity contribution in [3.05, 3.63) is 0 Å². The molecule has 0 aromatic carbocycles. The second-order valence-corrected chi connectivity index (χ2v) is 18.5. The van der Waals surface area contributed by atoms with Crippen molar-refractivity contribution in [1.82, 2.24) is 0 Å². The van der Waals surface area contributed by atoms with Crippen molar-refractivity contribution in [2.75, 3.05) is 6.61 Å². The minimum atomic E-state index is -1.78. The third-order valence-electron chi connectivity index (χ3n) is 15.8. The summed E-state index contributed by atoms with van der Waals surface area (Å²) in [7, 11) is 0. The van der Waals surface area contributed by atoms with Crippen molar-refractivity contribution in [2.24, 2.45) is 50.7 Å². The molecule has 5 saturated carbocycles. The van der Waals surface area contributed by atoms with E-state index in [1.54, 1.807) is 0 Å². The van der Waals surface area contributed by atoms with E-state index in [-0.39, 0.29) is 51.6 Å². The standard InChI is InChI=1S/C37H59FO9/c1-18-15-21(30(33(5,6)38)45-19(2)39)46-28-25(18)34(7)13-14-37-17-36(37)12-11-24(47-31-27(42)26(41)20(40)16-44-31)32(3,4)22(36)9-10-23(37)35(34,8)29(28)43/h18,20-31,40-43H,9-17H2,1-8H3/t18-,20-,21-,22+,23+,24+,25+,26+,27-,28+,29+,30+,31+,34-,35-,36-,37+/m1/s1. The van der Waals surface area contributed by atoms with Crippen LogP contribution in [0.25, 0.3) is 0 Å². The molecule has 0 amide bonds. The Bertz CT molecular complexity index is 1250. The first kappa shape index (κ1) is 34.6. The number of rotatable bonds is 5. The van der Waals surface area contributed by atoms with Crippen molar-refractivity contribution < 1.29 is 48.6 Å². The Morgan fingerprint density at radius 1 is 0.957 bits per heavy atom. The molecule has 7 fully saturated rings. The molecule has 0 bridgehead atoms. The third kappa shape index (κ3) is 4.53.